The van der Waals surface area contributed by atoms with Gasteiger partial charge in [-0.15, -0.1) is 11.3 Å². The van der Waals surface area contributed by atoms with Gasteiger partial charge >= 0.3 is 0 Å². The maximum Gasteiger partial charge on any atom is 0.160 e. The Hall–Kier alpha value is -1.55. The topological polar surface area (TPSA) is 42.9 Å². The van der Waals surface area contributed by atoms with E-state index in [0.717, 1.165) is 16.9 Å². The van der Waals surface area contributed by atoms with Crippen molar-refractivity contribution in [2.45, 2.75) is 0 Å². The van der Waals surface area contributed by atoms with Crippen LogP contribution in [0.3, 0.4) is 0 Å². The summed E-state index contributed by atoms with van der Waals surface area (Å²) >= 11 is 1.42. The Bertz CT molecular complexity index is 411. The molecule has 0 atom stereocenters. The molecule has 0 saturated carbocycles. The predicted octanol–water partition coefficient (Wildman–Crippen LogP) is 2.02. The van der Waals surface area contributed by atoms with Crippen molar-refractivity contribution >= 4 is 17.6 Å². The number of aromatic nitrogens is 2. The fourth-order valence-electron chi connectivity index (χ4n) is 0.980. The summed E-state index contributed by atoms with van der Waals surface area (Å²) in [7, 11) is 0. The quantitative estimate of drug-likeness (QED) is 0.680. The van der Waals surface area contributed by atoms with Crippen LogP contribution in [0.25, 0.3) is 10.6 Å². The van der Waals surface area contributed by atoms with Crippen molar-refractivity contribution in [1.29, 1.82) is 0 Å². The lowest BCUT2D eigenvalue weighted by molar-refractivity contribution is 0.112. The molecule has 2 aromatic heterocycles. The highest BCUT2D eigenvalue weighted by molar-refractivity contribution is 7.17. The Morgan fingerprint density at radius 1 is 1.31 bits per heavy atom. The molecule has 2 aromatic rings. The van der Waals surface area contributed by atoms with E-state index in [1.165, 1.54) is 11.3 Å². The van der Waals surface area contributed by atoms with Crippen LogP contribution in [-0.2, 0) is 0 Å². The normalized spacial score (nSPS) is 9.85. The van der Waals surface area contributed by atoms with Gasteiger partial charge in [-0.3, -0.25) is 14.8 Å². The SMILES string of the molecule is O=Cc1ccc(-c2cnccn2)s1. The highest BCUT2D eigenvalue weighted by Gasteiger charge is 2.02. The van der Waals surface area contributed by atoms with E-state index in [4.69, 9.17) is 0 Å². The van der Waals surface area contributed by atoms with Crippen LogP contribution in [0, 0.1) is 0 Å². The first-order valence-corrected chi connectivity index (χ1v) is 4.53. The molecule has 4 heteroatoms. The first-order valence-electron chi connectivity index (χ1n) is 3.71. The van der Waals surface area contributed by atoms with Crippen LogP contribution in [0.4, 0.5) is 0 Å². The molecule has 0 fully saturated rings. The lowest BCUT2D eigenvalue weighted by Crippen LogP contribution is -1.79. The van der Waals surface area contributed by atoms with E-state index in [0.29, 0.717) is 4.88 Å². The minimum Gasteiger partial charge on any atom is -0.297 e. The van der Waals surface area contributed by atoms with Crippen LogP contribution >= 0.6 is 11.3 Å². The van der Waals surface area contributed by atoms with Gasteiger partial charge in [0.25, 0.3) is 0 Å². The van der Waals surface area contributed by atoms with Crippen LogP contribution < -0.4 is 0 Å². The zero-order valence-electron chi connectivity index (χ0n) is 6.68. The number of hydrogen-bond donors (Lipinski definition) is 0. The van der Waals surface area contributed by atoms with Crippen molar-refractivity contribution in [2.24, 2.45) is 0 Å². The molecule has 0 aliphatic rings. The van der Waals surface area contributed by atoms with Crippen molar-refractivity contribution in [3.8, 4) is 10.6 Å². The van der Waals surface area contributed by atoms with E-state index >= 15 is 0 Å². The predicted molar refractivity (Wildman–Crippen MR) is 50.7 cm³/mol. The Kier molecular flexibility index (Phi) is 2.14. The molecule has 2 rings (SSSR count). The minimum absolute atomic E-state index is 0.709. The molecular formula is C9H6N2OS. The third-order valence-electron chi connectivity index (χ3n) is 1.56. The minimum atomic E-state index is 0.709. The molecule has 0 spiro atoms. The third-order valence-corrected chi connectivity index (χ3v) is 2.59. The molecule has 2 heterocycles. The smallest absolute Gasteiger partial charge is 0.160 e. The number of hydrogen-bond acceptors (Lipinski definition) is 4. The van der Waals surface area contributed by atoms with Gasteiger partial charge in [-0.25, -0.2) is 0 Å². The fraction of sp³-hybridized carbons (Fsp3) is 0. The number of rotatable bonds is 2. The average molecular weight is 190 g/mol. The van der Waals surface area contributed by atoms with E-state index in [-0.39, 0.29) is 0 Å². The molecule has 0 amide bonds. The zero-order chi connectivity index (χ0) is 9.10. The summed E-state index contributed by atoms with van der Waals surface area (Å²) in [6.45, 7) is 0. The van der Waals surface area contributed by atoms with E-state index < -0.39 is 0 Å². The van der Waals surface area contributed by atoms with E-state index in [9.17, 15) is 4.79 Å². The summed E-state index contributed by atoms with van der Waals surface area (Å²) in [5.41, 5.74) is 0.806. The summed E-state index contributed by atoms with van der Waals surface area (Å²) in [6, 6.07) is 3.65. The number of thiophene rings is 1. The number of aldehydes is 1. The van der Waals surface area contributed by atoms with Gasteiger partial charge in [-0.1, -0.05) is 0 Å². The Morgan fingerprint density at radius 3 is 2.85 bits per heavy atom. The molecular weight excluding hydrogens is 184 g/mol. The average Bonchev–Trinajstić information content (AvgIpc) is 2.67. The monoisotopic (exact) mass is 190 g/mol. The van der Waals surface area contributed by atoms with E-state index in [1.807, 2.05) is 6.07 Å². The van der Waals surface area contributed by atoms with Gasteiger partial charge in [0.15, 0.2) is 6.29 Å². The van der Waals surface area contributed by atoms with Crippen LogP contribution in [0.5, 0.6) is 0 Å². The Labute approximate surface area is 79.1 Å². The van der Waals surface area contributed by atoms with Gasteiger partial charge in [0, 0.05) is 12.4 Å². The van der Waals surface area contributed by atoms with Gasteiger partial charge in [0.1, 0.15) is 0 Å². The second-order valence-corrected chi connectivity index (χ2v) is 3.53. The highest BCUT2D eigenvalue weighted by atomic mass is 32.1. The summed E-state index contributed by atoms with van der Waals surface area (Å²) in [5, 5.41) is 0. The molecule has 0 unspecified atom stereocenters. The third kappa shape index (κ3) is 1.62. The number of carbonyl (C=O) groups excluding carboxylic acids is 1. The Morgan fingerprint density at radius 2 is 2.23 bits per heavy atom. The summed E-state index contributed by atoms with van der Waals surface area (Å²) in [4.78, 5) is 20.2. The van der Waals surface area contributed by atoms with Crippen LogP contribution in [0.1, 0.15) is 9.67 Å². The molecule has 0 aliphatic heterocycles. The molecule has 64 valence electrons. The number of nitrogens with zero attached hydrogens (tertiary/aromatic N) is 2. The maximum absolute atomic E-state index is 10.4. The summed E-state index contributed by atoms with van der Waals surface area (Å²) in [5.74, 6) is 0. The van der Waals surface area contributed by atoms with Crippen molar-refractivity contribution in [3.05, 3.63) is 35.6 Å². The van der Waals surface area contributed by atoms with Crippen molar-refractivity contribution in [3.63, 3.8) is 0 Å². The van der Waals surface area contributed by atoms with Crippen molar-refractivity contribution in [1.82, 2.24) is 9.97 Å². The van der Waals surface area contributed by atoms with Crippen molar-refractivity contribution < 1.29 is 4.79 Å². The molecule has 3 nitrogen and oxygen atoms in total. The van der Waals surface area contributed by atoms with E-state index in [1.54, 1.807) is 24.7 Å². The highest BCUT2D eigenvalue weighted by Crippen LogP contribution is 2.24. The standard InChI is InChI=1S/C9H6N2OS/c12-6-7-1-2-9(13-7)8-5-10-3-4-11-8/h1-6H. The molecule has 0 radical (unpaired) electrons. The second-order valence-electron chi connectivity index (χ2n) is 2.41. The second kappa shape index (κ2) is 3.45. The fourth-order valence-corrected chi connectivity index (χ4v) is 1.76. The van der Waals surface area contributed by atoms with Gasteiger partial charge < -0.3 is 0 Å². The maximum atomic E-state index is 10.4. The molecule has 0 bridgehead atoms. The van der Waals surface area contributed by atoms with Gasteiger partial charge in [0.05, 0.1) is 21.6 Å². The van der Waals surface area contributed by atoms with Crippen LogP contribution in [-0.4, -0.2) is 16.3 Å². The van der Waals surface area contributed by atoms with Crippen LogP contribution in [0.15, 0.2) is 30.7 Å². The molecule has 0 saturated heterocycles. The first kappa shape index (κ1) is 8.07. The van der Waals surface area contributed by atoms with Crippen molar-refractivity contribution in [2.75, 3.05) is 0 Å². The molecule has 0 aliphatic carbocycles. The van der Waals surface area contributed by atoms with Gasteiger partial charge in [0.2, 0.25) is 0 Å². The largest absolute Gasteiger partial charge is 0.297 e. The summed E-state index contributed by atoms with van der Waals surface area (Å²) in [6.07, 6.45) is 5.78. The lowest BCUT2D eigenvalue weighted by Gasteiger charge is -1.91. The zero-order valence-corrected chi connectivity index (χ0v) is 7.49. The van der Waals surface area contributed by atoms with Crippen LogP contribution in [0.2, 0.25) is 0 Å². The summed E-state index contributed by atoms with van der Waals surface area (Å²) < 4.78 is 0. The van der Waals surface area contributed by atoms with E-state index in [2.05, 4.69) is 9.97 Å². The molecule has 0 N–H and O–H groups in total. The first-order chi connectivity index (χ1) is 6.40. The molecule has 13 heavy (non-hydrogen) atoms. The van der Waals surface area contributed by atoms with Gasteiger partial charge in [-0.2, -0.15) is 0 Å². The molecule has 0 aromatic carbocycles. The Balaban J connectivity index is 2.41. The lowest BCUT2D eigenvalue weighted by atomic mass is 10.3. The van der Waals surface area contributed by atoms with Gasteiger partial charge in [-0.05, 0) is 12.1 Å². The number of carbonyl (C=O) groups is 1.